The predicted molar refractivity (Wildman–Crippen MR) is 245 cm³/mol. The van der Waals surface area contributed by atoms with E-state index in [0.717, 1.165) is 62.2 Å². The fourth-order valence-corrected chi connectivity index (χ4v) is 13.4. The van der Waals surface area contributed by atoms with Crippen LogP contribution in [0.4, 0.5) is 5.69 Å². The molecule has 0 spiro atoms. The number of carbonyl (C=O) groups is 2. The molecule has 3 heterocycles. The van der Waals surface area contributed by atoms with E-state index in [-0.39, 0.29) is 17.6 Å². The zero-order valence-corrected chi connectivity index (χ0v) is 40.3. The van der Waals surface area contributed by atoms with Gasteiger partial charge in [-0.25, -0.2) is 0 Å². The highest BCUT2D eigenvalue weighted by atomic mass is 32.2. The first-order valence-electron chi connectivity index (χ1n) is 20.1. The van der Waals surface area contributed by atoms with Crippen LogP contribution in [0, 0.1) is 40.7 Å². The van der Waals surface area contributed by atoms with Crippen molar-refractivity contribution in [3.05, 3.63) is 25.1 Å². The fourth-order valence-electron chi connectivity index (χ4n) is 7.66. The van der Waals surface area contributed by atoms with Crippen LogP contribution in [-0.4, -0.2) is 46.9 Å². The van der Waals surface area contributed by atoms with E-state index in [1.807, 2.05) is 0 Å². The van der Waals surface area contributed by atoms with Crippen molar-refractivity contribution in [1.82, 2.24) is 0 Å². The van der Waals surface area contributed by atoms with Crippen LogP contribution in [0.15, 0.2) is 9.79 Å². The highest BCUT2D eigenvalue weighted by Crippen LogP contribution is 2.57. The highest BCUT2D eigenvalue weighted by Gasteiger charge is 2.46. The lowest BCUT2D eigenvalue weighted by Gasteiger charge is -2.32. The number of carbonyl (C=O) groups excluding carboxylic acids is 2. The number of anilines is 1. The number of fused-ring (bicyclic) bond motifs is 2. The molecular formula is C44H65NO2S4Si2. The standard InChI is InChI=1S/C44H65NO2S4Si2/c1-14-18-20-30(16-3)26-29(5)32-27-33(46)37(42-36(32)40(48-6)34(50-42)22-24-52(8,9)10)38-43-39(41(49-7)35(51-43)23-25-53(11,12)13)45(44(38)47)28-31(17-4)21-19-15-2/h29-32H,14-21,26-28H2,1-13H3. The van der Waals surface area contributed by atoms with Gasteiger partial charge in [0.2, 0.25) is 0 Å². The molecule has 9 heteroatoms. The van der Waals surface area contributed by atoms with E-state index >= 15 is 4.79 Å². The fraction of sp³-hybridized carbons (Fsp3) is 0.636. The van der Waals surface area contributed by atoms with Crippen molar-refractivity contribution >= 4 is 90.9 Å². The second kappa shape index (κ2) is 19.1. The quantitative estimate of drug-likeness (QED) is 0.0776. The van der Waals surface area contributed by atoms with Gasteiger partial charge < -0.3 is 4.90 Å². The maximum absolute atomic E-state index is 15.1. The van der Waals surface area contributed by atoms with Gasteiger partial charge in [0.15, 0.2) is 5.78 Å². The Kier molecular flexibility index (Phi) is 16.0. The van der Waals surface area contributed by atoms with Gasteiger partial charge in [0.05, 0.1) is 30.8 Å². The average molecular weight is 824 g/mol. The predicted octanol–water partition coefficient (Wildman–Crippen LogP) is 13.5. The third-order valence-corrected chi connectivity index (χ3v) is 16.6. The minimum Gasteiger partial charge on any atom is -0.305 e. The van der Waals surface area contributed by atoms with Crippen LogP contribution in [0.3, 0.4) is 0 Å². The van der Waals surface area contributed by atoms with Gasteiger partial charge >= 0.3 is 0 Å². The van der Waals surface area contributed by atoms with Gasteiger partial charge in [0.1, 0.15) is 16.1 Å². The number of nitrogens with zero attached hydrogens (tertiary/aromatic N) is 1. The molecule has 0 aromatic carbocycles. The summed E-state index contributed by atoms with van der Waals surface area (Å²) in [5, 5.41) is 0. The van der Waals surface area contributed by atoms with Crippen molar-refractivity contribution < 1.29 is 9.59 Å². The lowest BCUT2D eigenvalue weighted by atomic mass is 9.72. The Hall–Kier alpha value is -1.47. The topological polar surface area (TPSA) is 37.4 Å². The molecular weight excluding hydrogens is 759 g/mol. The summed E-state index contributed by atoms with van der Waals surface area (Å²) in [7, 11) is -3.32. The van der Waals surface area contributed by atoms with Crippen molar-refractivity contribution in [2.75, 3.05) is 24.0 Å². The molecule has 1 aliphatic carbocycles. The van der Waals surface area contributed by atoms with Crippen molar-refractivity contribution in [3.63, 3.8) is 0 Å². The summed E-state index contributed by atoms with van der Waals surface area (Å²) < 4.78 is 0. The first-order valence-corrected chi connectivity index (χ1v) is 31.2. The summed E-state index contributed by atoms with van der Waals surface area (Å²) >= 11 is 6.79. The molecule has 4 unspecified atom stereocenters. The number of rotatable bonds is 15. The van der Waals surface area contributed by atoms with Gasteiger partial charge in [-0.2, -0.15) is 0 Å². The van der Waals surface area contributed by atoms with Crippen molar-refractivity contribution in [3.8, 4) is 22.9 Å². The van der Waals surface area contributed by atoms with Crippen LogP contribution in [0.2, 0.25) is 39.3 Å². The maximum atomic E-state index is 15.1. The van der Waals surface area contributed by atoms with Crippen LogP contribution >= 0.6 is 46.2 Å². The number of hydrogen-bond donors (Lipinski definition) is 0. The monoisotopic (exact) mass is 823 g/mol. The lowest BCUT2D eigenvalue weighted by molar-refractivity contribution is -0.115. The average Bonchev–Trinajstić information content (AvgIpc) is 3.73. The molecule has 2 aliphatic rings. The summed E-state index contributed by atoms with van der Waals surface area (Å²) in [6.07, 6.45) is 15.1. The van der Waals surface area contributed by atoms with E-state index in [4.69, 9.17) is 0 Å². The van der Waals surface area contributed by atoms with E-state index in [1.165, 1.54) is 36.1 Å². The minimum absolute atomic E-state index is 0.00134. The zero-order chi connectivity index (χ0) is 39.2. The van der Waals surface area contributed by atoms with E-state index in [1.54, 1.807) is 46.2 Å². The molecule has 4 atom stereocenters. The molecule has 1 aliphatic heterocycles. The number of ketones is 1. The molecule has 4 rings (SSSR count). The molecule has 0 N–H and O–H groups in total. The third-order valence-electron chi connectivity index (χ3n) is 10.7. The van der Waals surface area contributed by atoms with Gasteiger partial charge in [-0.3, -0.25) is 9.59 Å². The smallest absolute Gasteiger partial charge is 0.260 e. The molecule has 0 saturated carbocycles. The lowest BCUT2D eigenvalue weighted by Crippen LogP contribution is -2.33. The second-order valence-electron chi connectivity index (χ2n) is 17.3. The maximum Gasteiger partial charge on any atom is 0.260 e. The Morgan fingerprint density at radius 1 is 0.774 bits per heavy atom. The number of hydrogen-bond acceptors (Lipinski definition) is 6. The van der Waals surface area contributed by atoms with E-state index in [2.05, 4.69) is 114 Å². The Balaban J connectivity index is 2.03. The second-order valence-corrected chi connectivity index (χ2v) is 30.5. The highest BCUT2D eigenvalue weighted by molar-refractivity contribution is 7.99. The van der Waals surface area contributed by atoms with Crippen molar-refractivity contribution in [2.45, 2.75) is 154 Å². The molecule has 0 bridgehead atoms. The van der Waals surface area contributed by atoms with E-state index < -0.39 is 16.1 Å². The first kappa shape index (κ1) is 44.3. The molecule has 2 aromatic rings. The third kappa shape index (κ3) is 10.5. The largest absolute Gasteiger partial charge is 0.305 e. The summed E-state index contributed by atoms with van der Waals surface area (Å²) in [5.41, 5.74) is 10.8. The van der Waals surface area contributed by atoms with Crippen LogP contribution in [0.5, 0.6) is 0 Å². The molecule has 53 heavy (non-hydrogen) atoms. The van der Waals surface area contributed by atoms with Gasteiger partial charge in [-0.15, -0.1) is 57.3 Å². The molecule has 2 aromatic heterocycles. The van der Waals surface area contributed by atoms with Crippen LogP contribution in [0.1, 0.15) is 130 Å². The number of thioether (sulfide) groups is 2. The van der Waals surface area contributed by atoms with E-state index in [0.29, 0.717) is 41.9 Å². The zero-order valence-electron chi connectivity index (χ0n) is 35.0. The minimum atomic E-state index is -1.66. The van der Waals surface area contributed by atoms with Crippen LogP contribution in [-0.2, 0) is 9.59 Å². The number of allylic oxidation sites excluding steroid dienone is 1. The number of thiophene rings is 2. The van der Waals surface area contributed by atoms with Crippen LogP contribution in [0.25, 0.3) is 11.1 Å². The van der Waals surface area contributed by atoms with Gasteiger partial charge in [0.25, 0.3) is 5.91 Å². The number of amides is 1. The first-order chi connectivity index (χ1) is 25.0. The van der Waals surface area contributed by atoms with Crippen LogP contribution < -0.4 is 4.90 Å². The molecule has 0 fully saturated rings. The molecule has 0 radical (unpaired) electrons. The summed E-state index contributed by atoms with van der Waals surface area (Å²) in [6, 6.07) is 0. The molecule has 290 valence electrons. The Morgan fingerprint density at radius 3 is 1.81 bits per heavy atom. The Labute approximate surface area is 341 Å². The number of unbranched alkanes of at least 4 members (excludes halogenated alkanes) is 2. The van der Waals surface area contributed by atoms with Gasteiger partial charge in [-0.1, -0.05) is 131 Å². The Bertz CT molecular complexity index is 1800. The molecule has 3 nitrogen and oxygen atoms in total. The number of Topliss-reactive ketones (excluding diaryl/α,β-unsaturated/α-hetero) is 1. The molecule has 1 amide bonds. The normalized spacial score (nSPS) is 19.0. The van der Waals surface area contributed by atoms with Crippen molar-refractivity contribution in [1.29, 1.82) is 0 Å². The van der Waals surface area contributed by atoms with Gasteiger partial charge in [-0.05, 0) is 54.6 Å². The SMILES string of the molecule is CCCCC(CC)CC(C)C1CC(=O)C(=C2C(=O)N(CC(CC)CCCC)c3c2sc(C#C[Si](C)(C)C)c3SC)c2sc(C#C[Si](C)(C)C)c(SC)c21. The summed E-state index contributed by atoms with van der Waals surface area (Å²) in [5.74, 6) is 8.88. The molecule has 0 saturated heterocycles. The Morgan fingerprint density at radius 2 is 1.30 bits per heavy atom. The summed E-state index contributed by atoms with van der Waals surface area (Å²) in [4.78, 5) is 38.4. The summed E-state index contributed by atoms with van der Waals surface area (Å²) in [6.45, 7) is 25.8. The van der Waals surface area contributed by atoms with Gasteiger partial charge in [0, 0.05) is 28.3 Å². The van der Waals surface area contributed by atoms with Crippen molar-refractivity contribution in [2.24, 2.45) is 17.8 Å². The van der Waals surface area contributed by atoms with E-state index in [9.17, 15) is 4.79 Å².